The average molecular weight is 362 g/mol. The van der Waals surface area contributed by atoms with E-state index in [0.717, 1.165) is 0 Å². The van der Waals surface area contributed by atoms with Gasteiger partial charge in [-0.3, -0.25) is 4.79 Å². The van der Waals surface area contributed by atoms with Crippen LogP contribution in [0.5, 0.6) is 5.75 Å². The minimum atomic E-state index is -4.79. The molecular formula is C17H13F3N4O2. The summed E-state index contributed by atoms with van der Waals surface area (Å²) in [6.45, 7) is 0. The maximum absolute atomic E-state index is 12.6. The molecule has 1 heterocycles. The number of amides is 1. The summed E-state index contributed by atoms with van der Waals surface area (Å²) >= 11 is 0. The van der Waals surface area contributed by atoms with Crippen LogP contribution in [0.25, 0.3) is 16.8 Å². The monoisotopic (exact) mass is 362 g/mol. The van der Waals surface area contributed by atoms with E-state index in [-0.39, 0.29) is 17.1 Å². The largest absolute Gasteiger partial charge is 0.573 e. The molecule has 0 aliphatic carbocycles. The maximum atomic E-state index is 12.6. The summed E-state index contributed by atoms with van der Waals surface area (Å²) in [4.78, 5) is 15.4. The maximum Gasteiger partial charge on any atom is 0.573 e. The lowest BCUT2D eigenvalue weighted by Crippen LogP contribution is -2.19. The van der Waals surface area contributed by atoms with Gasteiger partial charge in [0, 0.05) is 12.6 Å². The van der Waals surface area contributed by atoms with Gasteiger partial charge in [0.05, 0.1) is 5.69 Å². The first-order valence-corrected chi connectivity index (χ1v) is 7.47. The SMILES string of the molecule is CNC(=O)c1ncn(-c2cccc(-c3ccccc3OC(F)(F)F)c2)n1. The number of hydrogen-bond donors (Lipinski definition) is 1. The smallest absolute Gasteiger partial charge is 0.405 e. The fraction of sp³-hybridized carbons (Fsp3) is 0.118. The van der Waals surface area contributed by atoms with Gasteiger partial charge in [-0.2, -0.15) is 0 Å². The molecule has 3 rings (SSSR count). The van der Waals surface area contributed by atoms with E-state index < -0.39 is 12.3 Å². The first-order chi connectivity index (χ1) is 12.4. The Morgan fingerprint density at radius 3 is 2.65 bits per heavy atom. The highest BCUT2D eigenvalue weighted by Gasteiger charge is 2.32. The lowest BCUT2D eigenvalue weighted by molar-refractivity contribution is -0.274. The fourth-order valence-corrected chi connectivity index (χ4v) is 2.34. The van der Waals surface area contributed by atoms with Gasteiger partial charge < -0.3 is 10.1 Å². The van der Waals surface area contributed by atoms with Gasteiger partial charge in [-0.15, -0.1) is 18.3 Å². The summed E-state index contributed by atoms with van der Waals surface area (Å²) in [6, 6.07) is 12.5. The molecule has 6 nitrogen and oxygen atoms in total. The van der Waals surface area contributed by atoms with E-state index in [1.165, 1.54) is 36.3 Å². The van der Waals surface area contributed by atoms with Crippen molar-refractivity contribution in [1.82, 2.24) is 20.1 Å². The van der Waals surface area contributed by atoms with Gasteiger partial charge in [0.1, 0.15) is 12.1 Å². The number of rotatable bonds is 4. The summed E-state index contributed by atoms with van der Waals surface area (Å²) in [6.07, 6.45) is -3.44. The van der Waals surface area contributed by atoms with Crippen LogP contribution in [0.1, 0.15) is 10.6 Å². The van der Waals surface area contributed by atoms with Crippen LogP contribution in [0.3, 0.4) is 0 Å². The molecule has 3 aromatic rings. The van der Waals surface area contributed by atoms with E-state index >= 15 is 0 Å². The molecule has 1 aromatic heterocycles. The zero-order valence-electron chi connectivity index (χ0n) is 13.5. The second-order valence-corrected chi connectivity index (χ2v) is 5.19. The van der Waals surface area contributed by atoms with Crippen LogP contribution < -0.4 is 10.1 Å². The minimum absolute atomic E-state index is 0.0151. The predicted molar refractivity (Wildman–Crippen MR) is 86.9 cm³/mol. The van der Waals surface area contributed by atoms with E-state index in [1.807, 2.05) is 0 Å². The Hall–Kier alpha value is -3.36. The number of nitrogens with zero attached hydrogens (tertiary/aromatic N) is 3. The van der Waals surface area contributed by atoms with Gasteiger partial charge in [0.15, 0.2) is 0 Å². The fourth-order valence-electron chi connectivity index (χ4n) is 2.34. The van der Waals surface area contributed by atoms with Crippen molar-refractivity contribution in [2.75, 3.05) is 7.05 Å². The van der Waals surface area contributed by atoms with Gasteiger partial charge in [0.25, 0.3) is 5.91 Å². The number of benzene rings is 2. The van der Waals surface area contributed by atoms with Gasteiger partial charge in [-0.1, -0.05) is 30.3 Å². The van der Waals surface area contributed by atoms with Crippen LogP contribution in [0, 0.1) is 0 Å². The number of aromatic nitrogens is 3. The van der Waals surface area contributed by atoms with Crippen LogP contribution in [-0.2, 0) is 0 Å². The molecular weight excluding hydrogens is 349 g/mol. The van der Waals surface area contributed by atoms with Crippen molar-refractivity contribution in [3.8, 4) is 22.6 Å². The topological polar surface area (TPSA) is 69.0 Å². The minimum Gasteiger partial charge on any atom is -0.405 e. The second-order valence-electron chi connectivity index (χ2n) is 5.19. The molecule has 0 unspecified atom stereocenters. The van der Waals surface area contributed by atoms with Crippen molar-refractivity contribution in [3.63, 3.8) is 0 Å². The van der Waals surface area contributed by atoms with Crippen molar-refractivity contribution in [1.29, 1.82) is 0 Å². The van der Waals surface area contributed by atoms with Crippen molar-refractivity contribution in [3.05, 3.63) is 60.7 Å². The highest BCUT2D eigenvalue weighted by atomic mass is 19.4. The molecule has 0 saturated carbocycles. The van der Waals surface area contributed by atoms with E-state index in [9.17, 15) is 18.0 Å². The number of ether oxygens (including phenoxy) is 1. The third-order valence-corrected chi connectivity index (χ3v) is 3.46. The Balaban J connectivity index is 1.98. The lowest BCUT2D eigenvalue weighted by atomic mass is 10.0. The summed E-state index contributed by atoms with van der Waals surface area (Å²) in [5.74, 6) is -0.760. The molecule has 9 heteroatoms. The number of halogens is 3. The molecule has 0 saturated heterocycles. The van der Waals surface area contributed by atoms with Gasteiger partial charge in [-0.25, -0.2) is 9.67 Å². The van der Waals surface area contributed by atoms with Gasteiger partial charge in [-0.05, 0) is 23.8 Å². The van der Waals surface area contributed by atoms with E-state index in [1.54, 1.807) is 30.3 Å². The highest BCUT2D eigenvalue weighted by Crippen LogP contribution is 2.34. The number of hydrogen-bond acceptors (Lipinski definition) is 4. The lowest BCUT2D eigenvalue weighted by Gasteiger charge is -2.13. The Morgan fingerprint density at radius 2 is 1.92 bits per heavy atom. The molecule has 0 atom stereocenters. The van der Waals surface area contributed by atoms with Crippen molar-refractivity contribution in [2.45, 2.75) is 6.36 Å². The Kier molecular flexibility index (Phi) is 4.61. The number of nitrogens with one attached hydrogen (secondary N) is 1. The number of para-hydroxylation sites is 1. The third-order valence-electron chi connectivity index (χ3n) is 3.46. The number of carbonyl (C=O) groups is 1. The number of alkyl halides is 3. The average Bonchev–Trinajstić information content (AvgIpc) is 3.10. The third kappa shape index (κ3) is 3.82. The Labute approximate surface area is 146 Å². The first-order valence-electron chi connectivity index (χ1n) is 7.47. The zero-order chi connectivity index (χ0) is 18.7. The molecule has 0 spiro atoms. The van der Waals surface area contributed by atoms with E-state index in [2.05, 4.69) is 20.1 Å². The molecule has 1 amide bonds. The second kappa shape index (κ2) is 6.87. The first kappa shape index (κ1) is 17.5. The molecule has 0 aliphatic heterocycles. The quantitative estimate of drug-likeness (QED) is 0.774. The predicted octanol–water partition coefficient (Wildman–Crippen LogP) is 3.19. The highest BCUT2D eigenvalue weighted by molar-refractivity contribution is 5.90. The van der Waals surface area contributed by atoms with Gasteiger partial charge >= 0.3 is 6.36 Å². The summed E-state index contributed by atoms with van der Waals surface area (Å²) in [7, 11) is 1.46. The van der Waals surface area contributed by atoms with E-state index in [0.29, 0.717) is 11.3 Å². The van der Waals surface area contributed by atoms with Crippen LogP contribution in [-0.4, -0.2) is 34.1 Å². The zero-order valence-corrected chi connectivity index (χ0v) is 13.5. The molecule has 0 radical (unpaired) electrons. The summed E-state index contributed by atoms with van der Waals surface area (Å²) < 4.78 is 43.3. The normalized spacial score (nSPS) is 11.2. The van der Waals surface area contributed by atoms with Gasteiger partial charge in [0.2, 0.25) is 5.82 Å². The molecule has 1 N–H and O–H groups in total. The van der Waals surface area contributed by atoms with Crippen LogP contribution in [0.15, 0.2) is 54.9 Å². The van der Waals surface area contributed by atoms with Crippen LogP contribution in [0.2, 0.25) is 0 Å². The summed E-state index contributed by atoms with van der Waals surface area (Å²) in [5.41, 5.74) is 1.31. The van der Waals surface area contributed by atoms with Crippen molar-refractivity contribution < 1.29 is 22.7 Å². The molecule has 134 valence electrons. The van der Waals surface area contributed by atoms with Crippen molar-refractivity contribution >= 4 is 5.91 Å². The van der Waals surface area contributed by atoms with Crippen LogP contribution >= 0.6 is 0 Å². The molecule has 0 bridgehead atoms. The standard InChI is InChI=1S/C17H13F3N4O2/c1-21-16(25)15-22-10-24(23-15)12-6-4-5-11(9-12)13-7-2-3-8-14(13)26-17(18,19)20/h2-10H,1H3,(H,21,25). The molecule has 26 heavy (non-hydrogen) atoms. The molecule has 0 fully saturated rings. The summed E-state index contributed by atoms with van der Waals surface area (Å²) in [5, 5.41) is 6.46. The van der Waals surface area contributed by atoms with E-state index in [4.69, 9.17) is 0 Å². The Bertz CT molecular complexity index is 938. The van der Waals surface area contributed by atoms with Crippen molar-refractivity contribution in [2.24, 2.45) is 0 Å². The molecule has 0 aliphatic rings. The van der Waals surface area contributed by atoms with Crippen LogP contribution in [0.4, 0.5) is 13.2 Å². The number of carbonyl (C=O) groups excluding carboxylic acids is 1. The Morgan fingerprint density at radius 1 is 1.15 bits per heavy atom. The molecule has 2 aromatic carbocycles.